The van der Waals surface area contributed by atoms with Crippen molar-refractivity contribution in [1.82, 2.24) is 5.32 Å². The lowest BCUT2D eigenvalue weighted by molar-refractivity contribution is -0.120. The summed E-state index contributed by atoms with van der Waals surface area (Å²) in [7, 11) is 0. The Morgan fingerprint density at radius 1 is 1.24 bits per heavy atom. The number of benzene rings is 1. The second-order valence-electron chi connectivity index (χ2n) is 4.07. The van der Waals surface area contributed by atoms with E-state index in [2.05, 4.69) is 5.32 Å². The van der Waals surface area contributed by atoms with Crippen molar-refractivity contribution in [3.63, 3.8) is 0 Å². The lowest BCUT2D eigenvalue weighted by Crippen LogP contribution is -2.22. The number of carbonyl (C=O) groups excluding carboxylic acids is 2. The molecule has 90 valence electrons. The maximum atomic E-state index is 11.8. The van der Waals surface area contributed by atoms with E-state index in [1.54, 1.807) is 24.3 Å². The molecular weight excluding hydrogens is 218 g/mol. The quantitative estimate of drug-likeness (QED) is 0.788. The van der Waals surface area contributed by atoms with Gasteiger partial charge >= 0.3 is 5.97 Å². The number of rotatable bonds is 2. The van der Waals surface area contributed by atoms with Gasteiger partial charge in [0.1, 0.15) is 6.10 Å². The molecule has 0 bridgehead atoms. The van der Waals surface area contributed by atoms with Gasteiger partial charge in [-0.25, -0.2) is 4.79 Å². The van der Waals surface area contributed by atoms with Gasteiger partial charge in [0.2, 0.25) is 5.91 Å². The Morgan fingerprint density at radius 2 is 2.00 bits per heavy atom. The largest absolute Gasteiger partial charge is 0.459 e. The van der Waals surface area contributed by atoms with Gasteiger partial charge in [-0.05, 0) is 18.6 Å². The first-order chi connectivity index (χ1) is 8.25. The van der Waals surface area contributed by atoms with Gasteiger partial charge < -0.3 is 10.1 Å². The number of carbonyl (C=O) groups is 2. The van der Waals surface area contributed by atoms with Crippen molar-refractivity contribution in [1.29, 1.82) is 0 Å². The Morgan fingerprint density at radius 3 is 2.76 bits per heavy atom. The minimum atomic E-state index is -0.315. The maximum absolute atomic E-state index is 11.8. The third-order valence-corrected chi connectivity index (χ3v) is 2.77. The van der Waals surface area contributed by atoms with Crippen LogP contribution in [0.1, 0.15) is 29.6 Å². The third kappa shape index (κ3) is 3.31. The molecular formula is C13H15NO3. The molecule has 17 heavy (non-hydrogen) atoms. The standard InChI is InChI=1S/C13H15NO3/c15-12-7-6-11(8-9-14-12)17-13(16)10-4-2-1-3-5-10/h1-5,11H,6-9H2,(H,14,15)/t11-/m0/s1. The fourth-order valence-electron chi connectivity index (χ4n) is 1.81. The van der Waals surface area contributed by atoms with Crippen LogP contribution in [-0.2, 0) is 9.53 Å². The van der Waals surface area contributed by atoms with E-state index in [0.29, 0.717) is 31.4 Å². The van der Waals surface area contributed by atoms with Crippen LogP contribution in [0.15, 0.2) is 30.3 Å². The van der Waals surface area contributed by atoms with Crippen molar-refractivity contribution in [2.45, 2.75) is 25.4 Å². The number of nitrogens with one attached hydrogen (secondary N) is 1. The van der Waals surface area contributed by atoms with Gasteiger partial charge in [0.25, 0.3) is 0 Å². The van der Waals surface area contributed by atoms with Crippen LogP contribution < -0.4 is 5.32 Å². The first-order valence-corrected chi connectivity index (χ1v) is 5.78. The van der Waals surface area contributed by atoms with Crippen molar-refractivity contribution in [3.05, 3.63) is 35.9 Å². The molecule has 1 N–H and O–H groups in total. The second-order valence-corrected chi connectivity index (χ2v) is 4.07. The summed E-state index contributed by atoms with van der Waals surface area (Å²) >= 11 is 0. The Kier molecular flexibility index (Phi) is 3.75. The average Bonchev–Trinajstić information content (AvgIpc) is 2.56. The molecule has 0 unspecified atom stereocenters. The lowest BCUT2D eigenvalue weighted by atomic mass is 10.1. The summed E-state index contributed by atoms with van der Waals surface area (Å²) in [4.78, 5) is 22.9. The van der Waals surface area contributed by atoms with E-state index in [9.17, 15) is 9.59 Å². The van der Waals surface area contributed by atoms with Gasteiger partial charge in [-0.1, -0.05) is 18.2 Å². The van der Waals surface area contributed by atoms with E-state index in [1.807, 2.05) is 6.07 Å². The van der Waals surface area contributed by atoms with Crippen LogP contribution in [-0.4, -0.2) is 24.5 Å². The number of ether oxygens (including phenoxy) is 1. The number of hydrogen-bond donors (Lipinski definition) is 1. The highest BCUT2D eigenvalue weighted by Crippen LogP contribution is 2.13. The predicted molar refractivity (Wildman–Crippen MR) is 62.5 cm³/mol. The van der Waals surface area contributed by atoms with Crippen LogP contribution in [0.5, 0.6) is 0 Å². The normalized spacial score (nSPS) is 20.2. The Bertz CT molecular complexity index is 402. The topological polar surface area (TPSA) is 55.4 Å². The molecule has 1 aliphatic rings. The van der Waals surface area contributed by atoms with Crippen LogP contribution in [0.25, 0.3) is 0 Å². The summed E-state index contributed by atoms with van der Waals surface area (Å²) in [6.07, 6.45) is 1.54. The zero-order valence-corrected chi connectivity index (χ0v) is 9.52. The highest BCUT2D eigenvalue weighted by atomic mass is 16.5. The smallest absolute Gasteiger partial charge is 0.338 e. The van der Waals surface area contributed by atoms with Crippen molar-refractivity contribution >= 4 is 11.9 Å². The molecule has 1 amide bonds. The van der Waals surface area contributed by atoms with Crippen molar-refractivity contribution in [3.8, 4) is 0 Å². The molecule has 0 aromatic heterocycles. The van der Waals surface area contributed by atoms with E-state index in [1.165, 1.54) is 0 Å². The van der Waals surface area contributed by atoms with E-state index in [0.717, 1.165) is 0 Å². The summed E-state index contributed by atoms with van der Waals surface area (Å²) < 4.78 is 5.37. The summed E-state index contributed by atoms with van der Waals surface area (Å²) in [5, 5.41) is 2.76. The van der Waals surface area contributed by atoms with Gasteiger partial charge in [0.05, 0.1) is 5.56 Å². The molecule has 2 rings (SSSR count). The molecule has 4 nitrogen and oxygen atoms in total. The summed E-state index contributed by atoms with van der Waals surface area (Å²) in [6, 6.07) is 8.90. The molecule has 1 atom stereocenters. The second kappa shape index (κ2) is 5.48. The molecule has 0 saturated carbocycles. The molecule has 0 spiro atoms. The van der Waals surface area contributed by atoms with Crippen LogP contribution in [0, 0.1) is 0 Å². The maximum Gasteiger partial charge on any atom is 0.338 e. The Hall–Kier alpha value is -1.84. The fraction of sp³-hybridized carbons (Fsp3) is 0.385. The molecule has 1 aromatic rings. The molecule has 4 heteroatoms. The van der Waals surface area contributed by atoms with Crippen molar-refractivity contribution < 1.29 is 14.3 Å². The first kappa shape index (κ1) is 11.6. The summed E-state index contributed by atoms with van der Waals surface area (Å²) in [5.41, 5.74) is 0.552. The summed E-state index contributed by atoms with van der Waals surface area (Å²) in [6.45, 7) is 0.575. The third-order valence-electron chi connectivity index (χ3n) is 2.77. The highest BCUT2D eigenvalue weighted by Gasteiger charge is 2.20. The van der Waals surface area contributed by atoms with Gasteiger partial charge in [-0.2, -0.15) is 0 Å². The highest BCUT2D eigenvalue weighted by molar-refractivity contribution is 5.89. The molecule has 1 heterocycles. The van der Waals surface area contributed by atoms with Gasteiger partial charge in [-0.15, -0.1) is 0 Å². The number of hydrogen-bond acceptors (Lipinski definition) is 3. The Balaban J connectivity index is 1.92. The molecule has 1 aliphatic heterocycles. The van der Waals surface area contributed by atoms with Crippen LogP contribution in [0.4, 0.5) is 0 Å². The minimum Gasteiger partial charge on any atom is -0.459 e. The zero-order valence-electron chi connectivity index (χ0n) is 9.52. The van der Waals surface area contributed by atoms with E-state index in [-0.39, 0.29) is 18.0 Å². The molecule has 0 aliphatic carbocycles. The van der Waals surface area contributed by atoms with Crippen LogP contribution in [0.2, 0.25) is 0 Å². The van der Waals surface area contributed by atoms with Gasteiger partial charge in [-0.3, -0.25) is 4.79 Å². The van der Waals surface area contributed by atoms with Crippen LogP contribution >= 0.6 is 0 Å². The Labute approximate surface area is 100.0 Å². The fourth-order valence-corrected chi connectivity index (χ4v) is 1.81. The average molecular weight is 233 g/mol. The zero-order chi connectivity index (χ0) is 12.1. The molecule has 1 saturated heterocycles. The molecule has 1 fully saturated rings. The lowest BCUT2D eigenvalue weighted by Gasteiger charge is -2.14. The van der Waals surface area contributed by atoms with Crippen molar-refractivity contribution in [2.24, 2.45) is 0 Å². The number of esters is 1. The predicted octanol–water partition coefficient (Wildman–Crippen LogP) is 1.51. The van der Waals surface area contributed by atoms with E-state index >= 15 is 0 Å². The molecule has 0 radical (unpaired) electrons. The van der Waals surface area contributed by atoms with Crippen molar-refractivity contribution in [2.75, 3.05) is 6.54 Å². The van der Waals surface area contributed by atoms with E-state index < -0.39 is 0 Å². The van der Waals surface area contributed by atoms with Gasteiger partial charge in [0, 0.05) is 19.4 Å². The SMILES string of the molecule is O=C1CC[C@H](OC(=O)c2ccccc2)CCN1. The monoisotopic (exact) mass is 233 g/mol. The minimum absolute atomic E-state index is 0.0308. The van der Waals surface area contributed by atoms with Crippen LogP contribution in [0.3, 0.4) is 0 Å². The first-order valence-electron chi connectivity index (χ1n) is 5.78. The summed E-state index contributed by atoms with van der Waals surface area (Å²) in [5.74, 6) is -0.284. The molecule has 1 aromatic carbocycles. The van der Waals surface area contributed by atoms with Gasteiger partial charge in [0.15, 0.2) is 0 Å². The van der Waals surface area contributed by atoms with E-state index in [4.69, 9.17) is 4.74 Å². The number of amides is 1.